The number of aromatic nitrogens is 2. The van der Waals surface area contributed by atoms with Crippen molar-refractivity contribution in [2.75, 3.05) is 10.6 Å². The molecule has 0 saturated carbocycles. The lowest BCUT2D eigenvalue weighted by molar-refractivity contribution is 0.262. The first-order chi connectivity index (χ1) is 14.0. The third-order valence-electron chi connectivity index (χ3n) is 3.89. The second-order valence-corrected chi connectivity index (χ2v) is 6.07. The van der Waals surface area contributed by atoms with E-state index in [9.17, 15) is 13.6 Å². The van der Waals surface area contributed by atoms with E-state index in [1.54, 1.807) is 30.6 Å². The van der Waals surface area contributed by atoms with Gasteiger partial charge in [0.1, 0.15) is 23.1 Å². The van der Waals surface area contributed by atoms with Crippen LogP contribution in [0.4, 0.5) is 25.0 Å². The fourth-order valence-corrected chi connectivity index (χ4v) is 2.70. The smallest absolute Gasteiger partial charge is 0.323 e. The van der Waals surface area contributed by atoms with Crippen molar-refractivity contribution in [1.29, 1.82) is 0 Å². The zero-order chi connectivity index (χ0) is 20.2. The number of benzene rings is 3. The molecule has 3 aromatic carbocycles. The highest BCUT2D eigenvalue weighted by Crippen LogP contribution is 2.27. The molecule has 0 aliphatic heterocycles. The molecular formula is C21H18F2N4O2. The number of hydrogen-bond donors (Lipinski definition) is 2. The van der Waals surface area contributed by atoms with Gasteiger partial charge in [-0.05, 0) is 36.4 Å². The molecule has 148 valence electrons. The molecule has 0 spiro atoms. The quantitative estimate of drug-likeness (QED) is 0.455. The van der Waals surface area contributed by atoms with Crippen LogP contribution in [0.1, 0.15) is 2.85 Å². The van der Waals surface area contributed by atoms with Gasteiger partial charge in [-0.25, -0.2) is 13.6 Å². The molecule has 1 aromatic heterocycles. The molecule has 6 nitrogen and oxygen atoms in total. The van der Waals surface area contributed by atoms with Crippen LogP contribution in [0.15, 0.2) is 73.1 Å². The number of nitrogens with zero attached hydrogens (tertiary/aromatic N) is 2. The Hall–Kier alpha value is -4.07. The first-order valence-corrected chi connectivity index (χ1v) is 8.58. The van der Waals surface area contributed by atoms with E-state index in [-0.39, 0.29) is 20.0 Å². The summed E-state index contributed by atoms with van der Waals surface area (Å²) in [4.78, 5) is 20.5. The number of halogens is 2. The van der Waals surface area contributed by atoms with Crippen LogP contribution in [-0.4, -0.2) is 16.0 Å². The predicted octanol–water partition coefficient (Wildman–Crippen LogP) is 5.84. The number of ether oxygens (including phenoxy) is 1. The van der Waals surface area contributed by atoms with Crippen LogP contribution in [-0.2, 0) is 0 Å². The molecule has 0 fully saturated rings. The topological polar surface area (TPSA) is 76.1 Å². The average Bonchev–Trinajstić information content (AvgIpc) is 2.67. The molecule has 4 aromatic rings. The lowest BCUT2D eigenvalue weighted by atomic mass is 10.2. The van der Waals surface area contributed by atoms with Gasteiger partial charge in [-0.3, -0.25) is 9.97 Å². The highest BCUT2D eigenvalue weighted by molar-refractivity contribution is 5.99. The van der Waals surface area contributed by atoms with Crippen molar-refractivity contribution in [2.24, 2.45) is 0 Å². The Kier molecular flexibility index (Phi) is 4.98. The number of amides is 2. The summed E-state index contributed by atoms with van der Waals surface area (Å²) in [7, 11) is 0. The van der Waals surface area contributed by atoms with Crippen molar-refractivity contribution in [2.45, 2.75) is 0 Å². The summed E-state index contributed by atoms with van der Waals surface area (Å²) >= 11 is 0. The van der Waals surface area contributed by atoms with E-state index < -0.39 is 17.7 Å². The Bertz CT molecular complexity index is 1210. The summed E-state index contributed by atoms with van der Waals surface area (Å²) < 4.78 is 32.9. The van der Waals surface area contributed by atoms with E-state index in [1.807, 2.05) is 0 Å². The first-order valence-electron chi connectivity index (χ1n) is 8.58. The third kappa shape index (κ3) is 4.62. The molecule has 0 radical (unpaired) electrons. The van der Waals surface area contributed by atoms with Crippen LogP contribution in [0.5, 0.6) is 11.5 Å². The minimum absolute atomic E-state index is 0. The molecule has 0 bridgehead atoms. The summed E-state index contributed by atoms with van der Waals surface area (Å²) in [5.74, 6) is -0.443. The number of carbonyl (C=O) groups excluding carboxylic acids is 1. The van der Waals surface area contributed by atoms with Gasteiger partial charge in [0.2, 0.25) is 0 Å². The van der Waals surface area contributed by atoms with Crippen LogP contribution >= 0.6 is 0 Å². The number of nitrogens with one attached hydrogen (secondary N) is 2. The SMILES string of the molecule is O=C(Nc1cccc(F)c1)Nc1cc(F)cc(Oc2ccc3nccnc3c2)c1.[HH].[HH]. The molecular weight excluding hydrogens is 378 g/mol. The van der Waals surface area contributed by atoms with Gasteiger partial charge in [0.05, 0.1) is 11.0 Å². The molecule has 0 unspecified atom stereocenters. The minimum atomic E-state index is -0.645. The normalized spacial score (nSPS) is 10.6. The van der Waals surface area contributed by atoms with Crippen LogP contribution in [0, 0.1) is 11.6 Å². The van der Waals surface area contributed by atoms with Crippen molar-refractivity contribution in [3.8, 4) is 11.5 Å². The van der Waals surface area contributed by atoms with Gasteiger partial charge in [-0.15, -0.1) is 0 Å². The van der Waals surface area contributed by atoms with Crippen LogP contribution in [0.25, 0.3) is 11.0 Å². The summed E-state index contributed by atoms with van der Waals surface area (Å²) in [6.07, 6.45) is 3.15. The number of carbonyl (C=O) groups is 1. The lowest BCUT2D eigenvalue weighted by Gasteiger charge is -2.11. The summed E-state index contributed by atoms with van der Waals surface area (Å²) in [6.45, 7) is 0. The van der Waals surface area contributed by atoms with Gasteiger partial charge >= 0.3 is 6.03 Å². The molecule has 29 heavy (non-hydrogen) atoms. The summed E-state index contributed by atoms with van der Waals surface area (Å²) in [6, 6.07) is 13.7. The molecule has 4 rings (SSSR count). The van der Waals surface area contributed by atoms with Gasteiger partial charge in [0, 0.05) is 44.8 Å². The lowest BCUT2D eigenvalue weighted by Crippen LogP contribution is -2.19. The second kappa shape index (κ2) is 7.89. The largest absolute Gasteiger partial charge is 0.457 e. The van der Waals surface area contributed by atoms with Crippen molar-refractivity contribution in [3.63, 3.8) is 0 Å². The van der Waals surface area contributed by atoms with Gasteiger partial charge < -0.3 is 15.4 Å². The van der Waals surface area contributed by atoms with E-state index in [0.29, 0.717) is 16.8 Å². The Morgan fingerprint density at radius 1 is 0.793 bits per heavy atom. The predicted molar refractivity (Wildman–Crippen MR) is 109 cm³/mol. The second-order valence-electron chi connectivity index (χ2n) is 6.07. The number of fused-ring (bicyclic) bond motifs is 1. The van der Waals surface area contributed by atoms with Crippen molar-refractivity contribution in [1.82, 2.24) is 9.97 Å². The standard InChI is InChI=1S/C21H14F2N4O2.2H2/c22-13-2-1-3-15(8-13)26-21(28)27-16-9-14(23)10-18(11-16)29-17-4-5-19-20(12-17)25-7-6-24-19;;/h1-12H,(H2,26,27,28);2*1H. The highest BCUT2D eigenvalue weighted by Gasteiger charge is 2.08. The fourth-order valence-electron chi connectivity index (χ4n) is 2.70. The number of urea groups is 1. The third-order valence-corrected chi connectivity index (χ3v) is 3.89. The van der Waals surface area contributed by atoms with Crippen LogP contribution in [0.2, 0.25) is 0 Å². The fraction of sp³-hybridized carbons (Fsp3) is 0. The summed E-state index contributed by atoms with van der Waals surface area (Å²) in [5, 5.41) is 4.96. The van der Waals surface area contributed by atoms with E-state index in [2.05, 4.69) is 20.6 Å². The zero-order valence-corrected chi connectivity index (χ0v) is 14.9. The molecule has 0 aliphatic rings. The van der Waals surface area contributed by atoms with Crippen molar-refractivity contribution < 1.29 is 21.2 Å². The maximum Gasteiger partial charge on any atom is 0.323 e. The molecule has 8 heteroatoms. The number of anilines is 2. The Labute approximate surface area is 167 Å². The van der Waals surface area contributed by atoms with Gasteiger partial charge in [-0.2, -0.15) is 0 Å². The van der Waals surface area contributed by atoms with Crippen molar-refractivity contribution in [3.05, 3.63) is 84.7 Å². The monoisotopic (exact) mass is 396 g/mol. The zero-order valence-electron chi connectivity index (χ0n) is 14.9. The molecule has 0 saturated heterocycles. The molecule has 1 heterocycles. The average molecular weight is 396 g/mol. The highest BCUT2D eigenvalue weighted by atomic mass is 19.1. The maximum absolute atomic E-state index is 14.0. The van der Waals surface area contributed by atoms with Crippen LogP contribution < -0.4 is 15.4 Å². The number of rotatable bonds is 4. The number of hydrogen-bond acceptors (Lipinski definition) is 4. The maximum atomic E-state index is 14.0. The van der Waals surface area contributed by atoms with Gasteiger partial charge in [-0.1, -0.05) is 6.07 Å². The van der Waals surface area contributed by atoms with Crippen molar-refractivity contribution >= 4 is 28.4 Å². The van der Waals surface area contributed by atoms with E-state index in [0.717, 1.165) is 6.07 Å². The Morgan fingerprint density at radius 3 is 2.38 bits per heavy atom. The first kappa shape index (κ1) is 18.3. The van der Waals surface area contributed by atoms with E-state index >= 15 is 0 Å². The summed E-state index contributed by atoms with van der Waals surface area (Å²) in [5.41, 5.74) is 1.78. The van der Waals surface area contributed by atoms with E-state index in [1.165, 1.54) is 36.4 Å². The van der Waals surface area contributed by atoms with E-state index in [4.69, 9.17) is 4.74 Å². The molecule has 2 amide bonds. The molecule has 0 aliphatic carbocycles. The molecule has 2 N–H and O–H groups in total. The minimum Gasteiger partial charge on any atom is -0.457 e. The van der Waals surface area contributed by atoms with Gasteiger partial charge in [0.25, 0.3) is 0 Å². The van der Waals surface area contributed by atoms with Crippen LogP contribution in [0.3, 0.4) is 0 Å². The Morgan fingerprint density at radius 2 is 1.55 bits per heavy atom. The van der Waals surface area contributed by atoms with Gasteiger partial charge in [0.15, 0.2) is 0 Å². The Balaban J connectivity index is 0.00000171. The molecule has 0 atom stereocenters.